The lowest BCUT2D eigenvalue weighted by Crippen LogP contribution is -2.24. The van der Waals surface area contributed by atoms with E-state index in [1.54, 1.807) is 30.2 Å². The molecule has 1 aromatic rings. The molecule has 21 heavy (non-hydrogen) atoms. The predicted octanol–water partition coefficient (Wildman–Crippen LogP) is 1.80. The highest BCUT2D eigenvalue weighted by molar-refractivity contribution is 5.98. The predicted molar refractivity (Wildman–Crippen MR) is 79.7 cm³/mol. The molecule has 6 heteroatoms. The van der Waals surface area contributed by atoms with E-state index in [4.69, 9.17) is 9.47 Å². The standard InChI is InChI=1S/C15H20N2O4/c1-3-21-10-14(18)16-11-6-7-13(20-2)12(9-11)17-8-4-5-15(17)19/h6-7,9H,3-5,8,10H2,1-2H3,(H,16,18). The third-order valence-electron chi connectivity index (χ3n) is 3.26. The minimum atomic E-state index is -0.222. The molecule has 0 bridgehead atoms. The molecule has 114 valence electrons. The van der Waals surface area contributed by atoms with Crippen molar-refractivity contribution in [1.82, 2.24) is 0 Å². The van der Waals surface area contributed by atoms with Gasteiger partial charge in [-0.2, -0.15) is 0 Å². The van der Waals surface area contributed by atoms with E-state index in [0.29, 0.717) is 36.7 Å². The molecule has 2 rings (SSSR count). The average molecular weight is 292 g/mol. The number of hydrogen-bond donors (Lipinski definition) is 1. The lowest BCUT2D eigenvalue weighted by molar-refractivity contribution is -0.120. The van der Waals surface area contributed by atoms with Gasteiger partial charge in [0.1, 0.15) is 12.4 Å². The van der Waals surface area contributed by atoms with E-state index in [0.717, 1.165) is 6.42 Å². The molecule has 0 saturated carbocycles. The van der Waals surface area contributed by atoms with Crippen molar-refractivity contribution in [2.24, 2.45) is 0 Å². The van der Waals surface area contributed by atoms with Crippen LogP contribution in [0.5, 0.6) is 5.75 Å². The minimum absolute atomic E-state index is 0.0144. The fourth-order valence-electron chi connectivity index (χ4n) is 2.27. The molecule has 1 saturated heterocycles. The second kappa shape index (κ2) is 7.08. The van der Waals surface area contributed by atoms with Gasteiger partial charge in [0.15, 0.2) is 0 Å². The maximum atomic E-state index is 11.9. The van der Waals surface area contributed by atoms with Gasteiger partial charge in [0.05, 0.1) is 12.8 Å². The van der Waals surface area contributed by atoms with Gasteiger partial charge in [0.2, 0.25) is 11.8 Å². The number of ether oxygens (including phenoxy) is 2. The molecule has 1 aromatic carbocycles. The van der Waals surface area contributed by atoms with Crippen LogP contribution in [0.1, 0.15) is 19.8 Å². The summed E-state index contributed by atoms with van der Waals surface area (Å²) in [5.74, 6) is 0.472. The third kappa shape index (κ3) is 3.72. The van der Waals surface area contributed by atoms with E-state index in [1.165, 1.54) is 0 Å². The van der Waals surface area contributed by atoms with Gasteiger partial charge in [-0.05, 0) is 31.5 Å². The van der Waals surface area contributed by atoms with Crippen molar-refractivity contribution in [3.05, 3.63) is 18.2 Å². The van der Waals surface area contributed by atoms with Gasteiger partial charge in [0, 0.05) is 25.3 Å². The second-order valence-corrected chi connectivity index (χ2v) is 4.72. The Balaban J connectivity index is 2.17. The molecular formula is C15H20N2O4. The molecule has 1 N–H and O–H groups in total. The Labute approximate surface area is 124 Å². The number of carbonyl (C=O) groups excluding carboxylic acids is 2. The first-order chi connectivity index (χ1) is 10.2. The van der Waals surface area contributed by atoms with Gasteiger partial charge < -0.3 is 19.7 Å². The number of rotatable bonds is 6. The SMILES string of the molecule is CCOCC(=O)Nc1ccc(OC)c(N2CCCC2=O)c1. The molecule has 1 aliphatic heterocycles. The van der Waals surface area contributed by atoms with E-state index >= 15 is 0 Å². The van der Waals surface area contributed by atoms with Crippen LogP contribution in [-0.2, 0) is 14.3 Å². The van der Waals surface area contributed by atoms with Crippen molar-refractivity contribution in [2.45, 2.75) is 19.8 Å². The second-order valence-electron chi connectivity index (χ2n) is 4.72. The van der Waals surface area contributed by atoms with Crippen molar-refractivity contribution in [1.29, 1.82) is 0 Å². The maximum Gasteiger partial charge on any atom is 0.250 e. The summed E-state index contributed by atoms with van der Waals surface area (Å²) in [6.45, 7) is 3.01. The first kappa shape index (κ1) is 15.3. The molecule has 1 heterocycles. The number of methoxy groups -OCH3 is 1. The van der Waals surface area contributed by atoms with E-state index in [1.807, 2.05) is 6.92 Å². The highest BCUT2D eigenvalue weighted by atomic mass is 16.5. The highest BCUT2D eigenvalue weighted by Gasteiger charge is 2.24. The number of hydrogen-bond acceptors (Lipinski definition) is 4. The largest absolute Gasteiger partial charge is 0.495 e. The van der Waals surface area contributed by atoms with Crippen LogP contribution >= 0.6 is 0 Å². The number of anilines is 2. The van der Waals surface area contributed by atoms with Crippen LogP contribution in [0.2, 0.25) is 0 Å². The van der Waals surface area contributed by atoms with Gasteiger partial charge >= 0.3 is 0 Å². The first-order valence-electron chi connectivity index (χ1n) is 7.01. The van der Waals surface area contributed by atoms with Crippen molar-refractivity contribution in [3.8, 4) is 5.75 Å². The number of nitrogens with one attached hydrogen (secondary N) is 1. The van der Waals surface area contributed by atoms with Crippen molar-refractivity contribution >= 4 is 23.2 Å². The Morgan fingerprint density at radius 3 is 2.86 bits per heavy atom. The van der Waals surface area contributed by atoms with Crippen LogP contribution in [-0.4, -0.2) is 38.7 Å². The molecule has 2 amide bonds. The molecule has 6 nitrogen and oxygen atoms in total. The van der Waals surface area contributed by atoms with Gasteiger partial charge in [-0.25, -0.2) is 0 Å². The fourth-order valence-corrected chi connectivity index (χ4v) is 2.27. The molecule has 0 atom stereocenters. The smallest absolute Gasteiger partial charge is 0.250 e. The van der Waals surface area contributed by atoms with Gasteiger partial charge in [-0.1, -0.05) is 0 Å². The zero-order chi connectivity index (χ0) is 15.2. The van der Waals surface area contributed by atoms with E-state index in [-0.39, 0.29) is 18.4 Å². The van der Waals surface area contributed by atoms with E-state index in [9.17, 15) is 9.59 Å². The van der Waals surface area contributed by atoms with Crippen LogP contribution < -0.4 is 15.0 Å². The minimum Gasteiger partial charge on any atom is -0.495 e. The normalized spacial score (nSPS) is 14.4. The summed E-state index contributed by atoms with van der Waals surface area (Å²) in [6.07, 6.45) is 1.38. The van der Waals surface area contributed by atoms with Gasteiger partial charge in [0.25, 0.3) is 0 Å². The number of carbonyl (C=O) groups is 2. The molecule has 1 aliphatic rings. The average Bonchev–Trinajstić information content (AvgIpc) is 2.91. The van der Waals surface area contributed by atoms with Crippen molar-refractivity contribution in [3.63, 3.8) is 0 Å². The zero-order valence-corrected chi connectivity index (χ0v) is 12.3. The lowest BCUT2D eigenvalue weighted by atomic mass is 10.2. The Hall–Kier alpha value is -2.08. The molecular weight excluding hydrogens is 272 g/mol. The third-order valence-corrected chi connectivity index (χ3v) is 3.26. The fraction of sp³-hybridized carbons (Fsp3) is 0.467. The van der Waals surface area contributed by atoms with Crippen LogP contribution in [0.4, 0.5) is 11.4 Å². The van der Waals surface area contributed by atoms with Gasteiger partial charge in [-0.3, -0.25) is 9.59 Å². The Morgan fingerprint density at radius 1 is 1.43 bits per heavy atom. The van der Waals surface area contributed by atoms with Gasteiger partial charge in [-0.15, -0.1) is 0 Å². The molecule has 1 fully saturated rings. The summed E-state index contributed by atoms with van der Waals surface area (Å²) < 4.78 is 10.4. The summed E-state index contributed by atoms with van der Waals surface area (Å²) in [5, 5.41) is 2.75. The number of benzene rings is 1. The maximum absolute atomic E-state index is 11.9. The number of amides is 2. The Kier molecular flexibility index (Phi) is 5.16. The topological polar surface area (TPSA) is 67.9 Å². The summed E-state index contributed by atoms with van der Waals surface area (Å²) in [7, 11) is 1.56. The van der Waals surface area contributed by atoms with E-state index in [2.05, 4.69) is 5.32 Å². The first-order valence-corrected chi connectivity index (χ1v) is 7.01. The molecule has 0 unspecified atom stereocenters. The summed E-state index contributed by atoms with van der Waals surface area (Å²) in [6, 6.07) is 5.25. The van der Waals surface area contributed by atoms with Crippen LogP contribution in [0, 0.1) is 0 Å². The molecule has 0 aromatic heterocycles. The zero-order valence-electron chi connectivity index (χ0n) is 12.3. The van der Waals surface area contributed by atoms with Crippen molar-refractivity contribution in [2.75, 3.05) is 37.1 Å². The van der Waals surface area contributed by atoms with Crippen molar-refractivity contribution < 1.29 is 19.1 Å². The number of nitrogens with zero attached hydrogens (tertiary/aromatic N) is 1. The Morgan fingerprint density at radius 2 is 2.24 bits per heavy atom. The quantitative estimate of drug-likeness (QED) is 0.868. The van der Waals surface area contributed by atoms with E-state index < -0.39 is 0 Å². The summed E-state index contributed by atoms with van der Waals surface area (Å²) >= 11 is 0. The molecule has 0 spiro atoms. The van der Waals surface area contributed by atoms with Crippen LogP contribution in [0.3, 0.4) is 0 Å². The highest BCUT2D eigenvalue weighted by Crippen LogP contribution is 2.33. The summed E-state index contributed by atoms with van der Waals surface area (Å²) in [4.78, 5) is 25.2. The molecule has 0 radical (unpaired) electrons. The van der Waals surface area contributed by atoms with Crippen LogP contribution in [0.25, 0.3) is 0 Å². The monoisotopic (exact) mass is 292 g/mol. The lowest BCUT2D eigenvalue weighted by Gasteiger charge is -2.20. The van der Waals surface area contributed by atoms with Crippen LogP contribution in [0.15, 0.2) is 18.2 Å². The summed E-state index contributed by atoms with van der Waals surface area (Å²) in [5.41, 5.74) is 1.31. The Bertz CT molecular complexity index is 530. The molecule has 0 aliphatic carbocycles.